The average Bonchev–Trinajstić information content (AvgIpc) is 2.48. The Hall–Kier alpha value is -3.04. The lowest BCUT2D eigenvalue weighted by Gasteiger charge is -2.35. The summed E-state index contributed by atoms with van der Waals surface area (Å²) in [7, 11) is -3.37. The van der Waals surface area contributed by atoms with E-state index in [1.54, 1.807) is 0 Å². The fourth-order valence-corrected chi connectivity index (χ4v) is 3.80. The van der Waals surface area contributed by atoms with E-state index in [-0.39, 0.29) is 0 Å². The van der Waals surface area contributed by atoms with E-state index in [0.29, 0.717) is 4.90 Å². The molecule has 0 spiro atoms. The van der Waals surface area contributed by atoms with E-state index in [9.17, 15) is 43.0 Å². The Balaban J connectivity index is 2.80. The maximum Gasteiger partial charge on any atom is 0.492 e. The number of esters is 1. The van der Waals surface area contributed by atoms with Gasteiger partial charge < -0.3 is 19.7 Å². The van der Waals surface area contributed by atoms with Crippen molar-refractivity contribution in [1.82, 2.24) is 10.2 Å². The van der Waals surface area contributed by atoms with Crippen LogP contribution in [0.2, 0.25) is 0 Å². The number of sulfone groups is 1. The third-order valence-electron chi connectivity index (χ3n) is 3.86. The number of nitro groups is 2. The van der Waals surface area contributed by atoms with Gasteiger partial charge in [0.1, 0.15) is 27.2 Å². The Labute approximate surface area is 170 Å². The fourth-order valence-electron chi connectivity index (χ4n) is 2.39. The van der Waals surface area contributed by atoms with Gasteiger partial charge in [-0.05, 0) is 20.8 Å². The molecule has 0 bridgehead atoms. The summed E-state index contributed by atoms with van der Waals surface area (Å²) in [5, 5.41) is 23.8. The van der Waals surface area contributed by atoms with Gasteiger partial charge in [-0.15, -0.1) is 0 Å². The summed E-state index contributed by atoms with van der Waals surface area (Å²) in [6, 6.07) is -1.68. The topological polar surface area (TPSA) is 205 Å². The van der Waals surface area contributed by atoms with Crippen LogP contribution in [0.25, 0.3) is 0 Å². The second-order valence-electron chi connectivity index (χ2n) is 7.52. The Kier molecular flexibility index (Phi) is 7.30. The number of amides is 2. The van der Waals surface area contributed by atoms with Crippen LogP contribution < -0.4 is 5.32 Å². The van der Waals surface area contributed by atoms with Gasteiger partial charge in [0.05, 0.1) is 12.9 Å². The zero-order valence-electron chi connectivity index (χ0n) is 16.6. The van der Waals surface area contributed by atoms with Crippen molar-refractivity contribution >= 4 is 27.8 Å². The molecule has 1 N–H and O–H groups in total. The van der Waals surface area contributed by atoms with E-state index in [2.05, 4.69) is 4.74 Å². The normalized spacial score (nSPS) is 16.6. The standard InChI is InChI=1S/C14H22N4O11S/c1-13(2,3)29-12(21)15-9(11(20)28-4)5-30(26,27)6-10(19)16-7-14(8-16,17(22)23)18(24)25/h9H,5-8H2,1-4H3,(H,15,21)/t9-/m0/s1. The first-order chi connectivity index (χ1) is 13.5. The van der Waals surface area contributed by atoms with Crippen molar-refractivity contribution in [1.29, 1.82) is 0 Å². The number of ether oxygens (including phenoxy) is 2. The number of hydrogen-bond acceptors (Lipinski definition) is 11. The smallest absolute Gasteiger partial charge is 0.467 e. The van der Waals surface area contributed by atoms with Gasteiger partial charge in [0.15, 0.2) is 22.9 Å². The maximum absolute atomic E-state index is 12.3. The molecule has 1 aliphatic rings. The van der Waals surface area contributed by atoms with Gasteiger partial charge in [0.25, 0.3) is 0 Å². The molecule has 30 heavy (non-hydrogen) atoms. The number of nitrogens with one attached hydrogen (secondary N) is 1. The van der Waals surface area contributed by atoms with Gasteiger partial charge in [-0.2, -0.15) is 0 Å². The third kappa shape index (κ3) is 6.23. The summed E-state index contributed by atoms with van der Waals surface area (Å²) in [6.07, 6.45) is -1.09. The highest BCUT2D eigenvalue weighted by Gasteiger charge is 2.67. The first kappa shape index (κ1) is 25.0. The molecule has 1 atom stereocenters. The molecule has 0 saturated carbocycles. The molecule has 1 aliphatic heterocycles. The molecule has 1 saturated heterocycles. The van der Waals surface area contributed by atoms with Crippen LogP contribution in [0.3, 0.4) is 0 Å². The molecule has 0 radical (unpaired) electrons. The van der Waals surface area contributed by atoms with Crippen molar-refractivity contribution in [2.45, 2.75) is 38.1 Å². The molecule has 170 valence electrons. The molecule has 0 aliphatic carbocycles. The van der Waals surface area contributed by atoms with Crippen molar-refractivity contribution in [3.8, 4) is 0 Å². The minimum atomic E-state index is -4.33. The highest BCUT2D eigenvalue weighted by molar-refractivity contribution is 7.92. The van der Waals surface area contributed by atoms with Crippen LogP contribution in [-0.4, -0.2) is 90.1 Å². The van der Waals surface area contributed by atoms with Gasteiger partial charge >= 0.3 is 17.7 Å². The number of methoxy groups -OCH3 is 1. The summed E-state index contributed by atoms with van der Waals surface area (Å²) in [5.74, 6) is -4.42. The highest BCUT2D eigenvalue weighted by Crippen LogP contribution is 2.25. The maximum atomic E-state index is 12.3. The number of rotatable bonds is 8. The molecule has 1 fully saturated rings. The molecule has 1 rings (SSSR count). The minimum Gasteiger partial charge on any atom is -0.467 e. The van der Waals surface area contributed by atoms with Crippen LogP contribution in [0, 0.1) is 20.2 Å². The summed E-state index contributed by atoms with van der Waals surface area (Å²) in [5.41, 5.74) is -3.51. The number of alkyl carbamates (subject to hydrolysis) is 1. The van der Waals surface area contributed by atoms with Gasteiger partial charge in [-0.1, -0.05) is 0 Å². The summed E-state index contributed by atoms with van der Waals surface area (Å²) in [6.45, 7) is 2.84. The van der Waals surface area contributed by atoms with E-state index < -0.39 is 79.6 Å². The van der Waals surface area contributed by atoms with Crippen LogP contribution >= 0.6 is 0 Å². The molecule has 2 amide bonds. The fraction of sp³-hybridized carbons (Fsp3) is 0.786. The number of carbonyl (C=O) groups excluding carboxylic acids is 3. The molecule has 16 heteroatoms. The first-order valence-electron chi connectivity index (χ1n) is 8.37. The van der Waals surface area contributed by atoms with Crippen molar-refractivity contribution in [2.24, 2.45) is 0 Å². The van der Waals surface area contributed by atoms with Gasteiger partial charge in [0.2, 0.25) is 5.91 Å². The van der Waals surface area contributed by atoms with Crippen LogP contribution in [0.1, 0.15) is 20.8 Å². The molecular formula is C14H22N4O11S. The average molecular weight is 454 g/mol. The van der Waals surface area contributed by atoms with Gasteiger partial charge in [0, 0.05) is 0 Å². The van der Waals surface area contributed by atoms with E-state index in [0.717, 1.165) is 7.11 Å². The second-order valence-corrected chi connectivity index (χ2v) is 9.63. The predicted octanol–water partition coefficient (Wildman–Crippen LogP) is -1.44. The molecule has 0 aromatic heterocycles. The summed E-state index contributed by atoms with van der Waals surface area (Å²) in [4.78, 5) is 55.8. The number of nitrogens with zero attached hydrogens (tertiary/aromatic N) is 3. The summed E-state index contributed by atoms with van der Waals surface area (Å²) >= 11 is 0. The van der Waals surface area contributed by atoms with Crippen molar-refractivity contribution in [3.63, 3.8) is 0 Å². The Morgan fingerprint density at radius 2 is 1.67 bits per heavy atom. The van der Waals surface area contributed by atoms with Crippen LogP contribution in [-0.2, 0) is 28.9 Å². The number of likely N-dealkylation sites (tertiary alicyclic amines) is 1. The van der Waals surface area contributed by atoms with Crippen LogP contribution in [0.15, 0.2) is 0 Å². The SMILES string of the molecule is COC(=O)[C@H](CS(=O)(=O)CC(=O)N1CC([N+](=O)[O-])([N+](=O)[O-])C1)NC(=O)OC(C)(C)C. The minimum absolute atomic E-state index is 0.650. The molecule has 1 heterocycles. The second kappa shape index (κ2) is 8.76. The zero-order valence-corrected chi connectivity index (χ0v) is 17.5. The lowest BCUT2D eigenvalue weighted by molar-refractivity contribution is -0.809. The predicted molar refractivity (Wildman–Crippen MR) is 97.1 cm³/mol. The van der Waals surface area contributed by atoms with Crippen molar-refractivity contribution < 1.29 is 42.1 Å². The van der Waals surface area contributed by atoms with Crippen LogP contribution in [0.4, 0.5) is 4.79 Å². The third-order valence-corrected chi connectivity index (χ3v) is 5.39. The Morgan fingerprint density at radius 3 is 2.07 bits per heavy atom. The lowest BCUT2D eigenvalue weighted by Crippen LogP contribution is -2.71. The zero-order chi connectivity index (χ0) is 23.5. The first-order valence-corrected chi connectivity index (χ1v) is 10.2. The Bertz CT molecular complexity index is 826. The molecule has 0 aromatic carbocycles. The monoisotopic (exact) mass is 454 g/mol. The quantitative estimate of drug-likeness (QED) is 0.194. The Morgan fingerprint density at radius 1 is 1.17 bits per heavy atom. The van der Waals surface area contributed by atoms with E-state index in [4.69, 9.17) is 4.74 Å². The number of hydrogen-bond donors (Lipinski definition) is 1. The largest absolute Gasteiger partial charge is 0.492 e. The molecule has 15 nitrogen and oxygen atoms in total. The lowest BCUT2D eigenvalue weighted by atomic mass is 10.0. The van der Waals surface area contributed by atoms with Gasteiger partial charge in [-0.25, -0.2) is 18.0 Å². The summed E-state index contributed by atoms with van der Waals surface area (Å²) < 4.78 is 34.0. The van der Waals surface area contributed by atoms with Crippen LogP contribution in [0.5, 0.6) is 0 Å². The van der Waals surface area contributed by atoms with E-state index >= 15 is 0 Å². The molecule has 0 aromatic rings. The highest BCUT2D eigenvalue weighted by atomic mass is 32.2. The number of carbonyl (C=O) groups is 3. The van der Waals surface area contributed by atoms with Gasteiger partial charge in [-0.3, -0.25) is 25.0 Å². The van der Waals surface area contributed by atoms with Crippen molar-refractivity contribution in [3.05, 3.63) is 20.2 Å². The van der Waals surface area contributed by atoms with E-state index in [1.165, 1.54) is 20.8 Å². The van der Waals surface area contributed by atoms with Crippen molar-refractivity contribution in [2.75, 3.05) is 31.7 Å². The molecular weight excluding hydrogens is 432 g/mol. The molecule has 0 unspecified atom stereocenters. The van der Waals surface area contributed by atoms with E-state index in [1.807, 2.05) is 5.32 Å².